The van der Waals surface area contributed by atoms with E-state index in [1.165, 1.54) is 11.0 Å². The molecule has 0 saturated carbocycles. The van der Waals surface area contributed by atoms with Gasteiger partial charge in [0.25, 0.3) is 11.1 Å². The molecule has 1 fully saturated rings. The molecule has 0 spiro atoms. The highest BCUT2D eigenvalue weighted by atomic mass is 32.2. The second-order valence-corrected chi connectivity index (χ2v) is 7.09. The maximum absolute atomic E-state index is 13.6. The fourth-order valence-corrected chi connectivity index (χ4v) is 3.47. The highest BCUT2D eigenvalue weighted by Crippen LogP contribution is 2.33. The number of halogens is 1. The summed E-state index contributed by atoms with van der Waals surface area (Å²) in [5.41, 5.74) is 1.27. The Hall–Kier alpha value is -2.60. The number of nitrogens with zero attached hydrogens (tertiary/aromatic N) is 1. The normalized spacial score (nSPS) is 16.0. The zero-order valence-electron chi connectivity index (χ0n) is 14.4. The summed E-state index contributed by atoms with van der Waals surface area (Å²) in [6, 6.07) is 13.4. The summed E-state index contributed by atoms with van der Waals surface area (Å²) in [5.74, 6) is 0.0283. The highest BCUT2D eigenvalue weighted by molar-refractivity contribution is 8.18. The molecule has 2 aromatic carbocycles. The van der Waals surface area contributed by atoms with E-state index in [0.29, 0.717) is 16.2 Å². The Morgan fingerprint density at radius 2 is 1.81 bits per heavy atom. The quantitative estimate of drug-likeness (QED) is 0.705. The second-order valence-electron chi connectivity index (χ2n) is 6.09. The summed E-state index contributed by atoms with van der Waals surface area (Å²) >= 11 is 0.944. The molecule has 0 aromatic heterocycles. The van der Waals surface area contributed by atoms with Gasteiger partial charge in [0, 0.05) is 11.6 Å². The average molecular weight is 371 g/mol. The Morgan fingerprint density at radius 1 is 1.12 bits per heavy atom. The van der Waals surface area contributed by atoms with Crippen molar-refractivity contribution in [2.45, 2.75) is 26.5 Å². The maximum Gasteiger partial charge on any atom is 0.293 e. The number of ether oxygens (including phenoxy) is 1. The number of amides is 2. The van der Waals surface area contributed by atoms with Crippen LogP contribution in [-0.2, 0) is 11.4 Å². The van der Waals surface area contributed by atoms with Crippen LogP contribution in [0.25, 0.3) is 6.08 Å². The number of imide groups is 1. The molecule has 0 bridgehead atoms. The first-order chi connectivity index (χ1) is 12.5. The van der Waals surface area contributed by atoms with Crippen molar-refractivity contribution >= 4 is 29.0 Å². The smallest absolute Gasteiger partial charge is 0.293 e. The predicted octanol–water partition coefficient (Wildman–Crippen LogP) is 4.85. The minimum atomic E-state index is -0.301. The average Bonchev–Trinajstić information content (AvgIpc) is 2.89. The van der Waals surface area contributed by atoms with E-state index < -0.39 is 0 Å². The van der Waals surface area contributed by atoms with Crippen LogP contribution >= 0.6 is 11.8 Å². The van der Waals surface area contributed by atoms with Crippen LogP contribution in [0.3, 0.4) is 0 Å². The van der Waals surface area contributed by atoms with Crippen LogP contribution in [0.2, 0.25) is 0 Å². The van der Waals surface area contributed by atoms with Gasteiger partial charge in [0.1, 0.15) is 18.2 Å². The van der Waals surface area contributed by atoms with Crippen LogP contribution in [0.5, 0.6) is 5.75 Å². The molecular formula is C20H18FNO3S. The van der Waals surface area contributed by atoms with Gasteiger partial charge < -0.3 is 4.74 Å². The Bertz CT molecular complexity index is 862. The van der Waals surface area contributed by atoms with Crippen LogP contribution in [0, 0.1) is 5.82 Å². The monoisotopic (exact) mass is 371 g/mol. The zero-order chi connectivity index (χ0) is 18.7. The van der Waals surface area contributed by atoms with Crippen molar-refractivity contribution < 1.29 is 18.7 Å². The summed E-state index contributed by atoms with van der Waals surface area (Å²) in [6.45, 7) is 3.75. The molecular weight excluding hydrogens is 353 g/mol. The lowest BCUT2D eigenvalue weighted by molar-refractivity contribution is -0.123. The summed E-state index contributed by atoms with van der Waals surface area (Å²) in [5, 5.41) is -0.249. The molecule has 0 aliphatic carbocycles. The largest absolute Gasteiger partial charge is 0.489 e. The van der Waals surface area contributed by atoms with Gasteiger partial charge in [-0.1, -0.05) is 30.3 Å². The van der Waals surface area contributed by atoms with E-state index in [2.05, 4.69) is 0 Å². The van der Waals surface area contributed by atoms with E-state index in [4.69, 9.17) is 4.74 Å². The fourth-order valence-electron chi connectivity index (χ4n) is 2.51. The van der Waals surface area contributed by atoms with Gasteiger partial charge in [0.05, 0.1) is 4.91 Å². The van der Waals surface area contributed by atoms with Gasteiger partial charge in [0.15, 0.2) is 0 Å². The van der Waals surface area contributed by atoms with Crippen LogP contribution in [-0.4, -0.2) is 22.1 Å². The molecule has 4 nitrogen and oxygen atoms in total. The van der Waals surface area contributed by atoms with Crippen molar-refractivity contribution in [3.8, 4) is 5.75 Å². The van der Waals surface area contributed by atoms with E-state index in [-0.39, 0.29) is 29.6 Å². The molecule has 1 saturated heterocycles. The lowest BCUT2D eigenvalue weighted by atomic mass is 10.2. The van der Waals surface area contributed by atoms with Crippen molar-refractivity contribution in [1.29, 1.82) is 0 Å². The molecule has 0 atom stereocenters. The molecule has 0 radical (unpaired) electrons. The highest BCUT2D eigenvalue weighted by Gasteiger charge is 2.36. The first kappa shape index (κ1) is 18.2. The van der Waals surface area contributed by atoms with Crippen LogP contribution in [0.4, 0.5) is 9.18 Å². The van der Waals surface area contributed by atoms with Gasteiger partial charge in [-0.15, -0.1) is 0 Å². The molecule has 6 heteroatoms. The standard InChI is InChI=1S/C20H18FNO3S/c1-13(2)22-19(23)18(26-20(22)24)11-14-7-9-16(10-8-14)25-12-15-5-3-4-6-17(15)21/h3-11,13H,12H2,1-2H3/b18-11-. The molecule has 2 aromatic rings. The van der Waals surface area contributed by atoms with Crippen molar-refractivity contribution in [3.05, 3.63) is 70.4 Å². The maximum atomic E-state index is 13.6. The van der Waals surface area contributed by atoms with Gasteiger partial charge >= 0.3 is 0 Å². The van der Waals surface area contributed by atoms with Gasteiger partial charge in [-0.25, -0.2) is 4.39 Å². The van der Waals surface area contributed by atoms with Crippen molar-refractivity contribution in [3.63, 3.8) is 0 Å². The third-order valence-corrected chi connectivity index (χ3v) is 4.75. The fraction of sp³-hybridized carbons (Fsp3) is 0.200. The summed E-state index contributed by atoms with van der Waals surface area (Å²) in [6.07, 6.45) is 1.69. The molecule has 26 heavy (non-hydrogen) atoms. The Labute approximate surface area is 155 Å². The minimum absolute atomic E-state index is 0.138. The Balaban J connectivity index is 1.67. The lowest BCUT2D eigenvalue weighted by Crippen LogP contribution is -2.34. The summed E-state index contributed by atoms with van der Waals surface area (Å²) in [7, 11) is 0. The van der Waals surface area contributed by atoms with Gasteiger partial charge in [0.2, 0.25) is 0 Å². The number of carbonyl (C=O) groups excluding carboxylic acids is 2. The third-order valence-electron chi connectivity index (χ3n) is 3.87. The minimum Gasteiger partial charge on any atom is -0.489 e. The molecule has 2 amide bonds. The topological polar surface area (TPSA) is 46.6 Å². The number of hydrogen-bond acceptors (Lipinski definition) is 4. The Kier molecular flexibility index (Phi) is 5.42. The molecule has 1 aliphatic rings. The van der Waals surface area contributed by atoms with E-state index in [1.54, 1.807) is 62.4 Å². The number of benzene rings is 2. The van der Waals surface area contributed by atoms with Crippen molar-refractivity contribution in [2.75, 3.05) is 0 Å². The third kappa shape index (κ3) is 3.96. The molecule has 0 N–H and O–H groups in total. The van der Waals surface area contributed by atoms with E-state index in [1.807, 2.05) is 0 Å². The number of hydrogen-bond donors (Lipinski definition) is 0. The van der Waals surface area contributed by atoms with E-state index in [9.17, 15) is 14.0 Å². The SMILES string of the molecule is CC(C)N1C(=O)S/C(=C\c2ccc(OCc3ccccc3F)cc2)C1=O. The molecule has 3 rings (SSSR count). The van der Waals surface area contributed by atoms with Crippen LogP contribution in [0.15, 0.2) is 53.4 Å². The Morgan fingerprint density at radius 3 is 2.42 bits per heavy atom. The molecule has 1 aliphatic heterocycles. The predicted molar refractivity (Wildman–Crippen MR) is 100 cm³/mol. The number of carbonyl (C=O) groups is 2. The van der Waals surface area contributed by atoms with Gasteiger partial charge in [-0.3, -0.25) is 14.5 Å². The summed E-state index contributed by atoms with van der Waals surface area (Å²) in [4.78, 5) is 25.8. The number of rotatable bonds is 5. The summed E-state index contributed by atoms with van der Waals surface area (Å²) < 4.78 is 19.2. The van der Waals surface area contributed by atoms with E-state index >= 15 is 0 Å². The first-order valence-corrected chi connectivity index (χ1v) is 9.00. The van der Waals surface area contributed by atoms with E-state index in [0.717, 1.165) is 17.3 Å². The van der Waals surface area contributed by atoms with Crippen LogP contribution in [0.1, 0.15) is 25.0 Å². The van der Waals surface area contributed by atoms with Gasteiger partial charge in [-0.2, -0.15) is 0 Å². The zero-order valence-corrected chi connectivity index (χ0v) is 15.3. The second kappa shape index (κ2) is 7.74. The lowest BCUT2D eigenvalue weighted by Gasteiger charge is -2.16. The first-order valence-electron chi connectivity index (χ1n) is 8.19. The molecule has 1 heterocycles. The van der Waals surface area contributed by atoms with Crippen molar-refractivity contribution in [2.24, 2.45) is 0 Å². The molecule has 0 unspecified atom stereocenters. The van der Waals surface area contributed by atoms with Crippen LogP contribution < -0.4 is 4.74 Å². The number of thioether (sulfide) groups is 1. The van der Waals surface area contributed by atoms with Gasteiger partial charge in [-0.05, 0) is 55.4 Å². The molecule has 134 valence electrons. The van der Waals surface area contributed by atoms with Crippen molar-refractivity contribution in [1.82, 2.24) is 4.90 Å².